The van der Waals surface area contributed by atoms with Crippen LogP contribution >= 0.6 is 0 Å². The van der Waals surface area contributed by atoms with E-state index in [1.54, 1.807) is 0 Å². The first kappa shape index (κ1) is 23.5. The molecule has 0 aliphatic heterocycles. The molecule has 2 heterocycles. The van der Waals surface area contributed by atoms with E-state index >= 15 is 0 Å². The first-order valence-electron chi connectivity index (χ1n) is 8.74. The van der Waals surface area contributed by atoms with E-state index in [2.05, 4.69) is 4.98 Å². The summed E-state index contributed by atoms with van der Waals surface area (Å²) in [4.78, 5) is 14.7. The van der Waals surface area contributed by atoms with E-state index in [9.17, 15) is 44.3 Å². The first-order valence-corrected chi connectivity index (χ1v) is 8.74. The van der Waals surface area contributed by atoms with Gasteiger partial charge in [-0.1, -0.05) is 0 Å². The van der Waals surface area contributed by atoms with Gasteiger partial charge in [-0.15, -0.1) is 0 Å². The highest BCUT2D eigenvalue weighted by molar-refractivity contribution is 5.62. The van der Waals surface area contributed by atoms with E-state index in [4.69, 9.17) is 4.42 Å². The van der Waals surface area contributed by atoms with Crippen LogP contribution < -0.4 is 5.76 Å². The lowest BCUT2D eigenvalue weighted by Gasteiger charge is -2.13. The van der Waals surface area contributed by atoms with E-state index in [1.165, 1.54) is 6.92 Å². The molecule has 0 radical (unpaired) electrons. The molecule has 0 fully saturated rings. The molecule has 3 rings (SSSR count). The number of hydrogen-bond donors (Lipinski definition) is 1. The lowest BCUT2D eigenvalue weighted by molar-refractivity contribution is -0.143. The van der Waals surface area contributed by atoms with Gasteiger partial charge in [-0.2, -0.15) is 39.5 Å². The number of halogens is 9. The quantitative estimate of drug-likeness (QED) is 0.465. The summed E-state index contributed by atoms with van der Waals surface area (Å²) in [6.45, 7) is 1.79. The van der Waals surface area contributed by atoms with Crippen LogP contribution in [0.4, 0.5) is 39.5 Å². The average molecular weight is 472 g/mol. The summed E-state index contributed by atoms with van der Waals surface area (Å²) in [6, 6.07) is 1.44. The zero-order chi connectivity index (χ0) is 24.2. The minimum absolute atomic E-state index is 0.0920. The number of aryl methyl sites for hydroxylation is 1. The number of aromatic nitrogens is 2. The van der Waals surface area contributed by atoms with Gasteiger partial charge in [0, 0.05) is 17.0 Å². The number of aromatic amines is 1. The number of hydrogen-bond acceptors (Lipinski definition) is 2. The summed E-state index contributed by atoms with van der Waals surface area (Å²) in [5.74, 6) is -1.87. The van der Waals surface area contributed by atoms with E-state index in [0.29, 0.717) is 16.7 Å². The van der Waals surface area contributed by atoms with Crippen molar-refractivity contribution in [1.82, 2.24) is 9.55 Å². The zero-order valence-electron chi connectivity index (χ0n) is 16.2. The van der Waals surface area contributed by atoms with Crippen molar-refractivity contribution >= 4 is 0 Å². The monoisotopic (exact) mass is 472 g/mol. The molecule has 0 saturated heterocycles. The van der Waals surface area contributed by atoms with Crippen LogP contribution in [0.15, 0.2) is 33.5 Å². The van der Waals surface area contributed by atoms with Crippen molar-refractivity contribution in [3.05, 3.63) is 68.6 Å². The van der Waals surface area contributed by atoms with Crippen LogP contribution in [0.25, 0.3) is 11.3 Å². The fraction of sp³-hybridized carbons (Fsp3) is 0.316. The molecule has 0 bridgehead atoms. The van der Waals surface area contributed by atoms with Crippen molar-refractivity contribution in [2.45, 2.75) is 38.9 Å². The molecule has 0 unspecified atom stereocenters. The first-order chi connectivity index (χ1) is 14.5. The maximum atomic E-state index is 13.2. The van der Waals surface area contributed by atoms with Crippen LogP contribution in [-0.4, -0.2) is 9.55 Å². The SMILES string of the molecule is Cc1cc(C(F)(F)F)c(Cn2c(C)c(-c3cc(C(F)(F)F)cc(C(F)(F)F)c3)oc2=O)[nH]1. The summed E-state index contributed by atoms with van der Waals surface area (Å²) in [6.07, 6.45) is -15.0. The Labute approximate surface area is 173 Å². The highest BCUT2D eigenvalue weighted by Gasteiger charge is 2.38. The summed E-state index contributed by atoms with van der Waals surface area (Å²) in [5, 5.41) is 0. The molecule has 0 amide bonds. The number of rotatable bonds is 3. The molecule has 3 aromatic rings. The zero-order valence-corrected chi connectivity index (χ0v) is 16.2. The van der Waals surface area contributed by atoms with Crippen molar-refractivity contribution in [3.63, 3.8) is 0 Å². The van der Waals surface area contributed by atoms with Gasteiger partial charge in [0.25, 0.3) is 0 Å². The third-order valence-corrected chi connectivity index (χ3v) is 4.65. The van der Waals surface area contributed by atoms with Gasteiger partial charge < -0.3 is 9.40 Å². The van der Waals surface area contributed by atoms with Crippen molar-refractivity contribution in [2.75, 3.05) is 0 Å². The highest BCUT2D eigenvalue weighted by Crippen LogP contribution is 2.39. The van der Waals surface area contributed by atoms with Gasteiger partial charge in [0.05, 0.1) is 28.9 Å². The molecule has 4 nitrogen and oxygen atoms in total. The summed E-state index contributed by atoms with van der Waals surface area (Å²) < 4.78 is 124. The third-order valence-electron chi connectivity index (χ3n) is 4.65. The fourth-order valence-corrected chi connectivity index (χ4v) is 3.19. The van der Waals surface area contributed by atoms with Crippen molar-refractivity contribution in [3.8, 4) is 11.3 Å². The second-order valence-electron chi connectivity index (χ2n) is 7.01. The second-order valence-corrected chi connectivity index (χ2v) is 7.01. The van der Waals surface area contributed by atoms with Gasteiger partial charge in [-0.3, -0.25) is 4.57 Å². The molecular weight excluding hydrogens is 459 g/mol. The second kappa shape index (κ2) is 7.48. The van der Waals surface area contributed by atoms with Crippen LogP contribution in [0.1, 0.15) is 33.8 Å². The smallest absolute Gasteiger partial charge is 0.407 e. The normalized spacial score (nSPS) is 13.1. The number of nitrogens with one attached hydrogen (secondary N) is 1. The third kappa shape index (κ3) is 4.55. The minimum Gasteiger partial charge on any atom is -0.407 e. The predicted octanol–water partition coefficient (Wildman–Crippen LogP) is 6.16. The Morgan fingerprint density at radius 3 is 1.84 bits per heavy atom. The standard InChI is InChI=1S/C19H13F9N2O2/c1-8-3-13(19(26,27)28)14(29-8)7-30-9(2)15(32-16(30)31)10-4-11(17(20,21)22)6-12(5-10)18(23,24)25/h3-6,29H,7H2,1-2H3. The fourth-order valence-electron chi connectivity index (χ4n) is 3.19. The summed E-state index contributed by atoms with van der Waals surface area (Å²) in [5.41, 5.74) is -5.56. The van der Waals surface area contributed by atoms with E-state index in [1.807, 2.05) is 0 Å². The van der Waals surface area contributed by atoms with Crippen molar-refractivity contribution in [2.24, 2.45) is 0 Å². The average Bonchev–Trinajstić information content (AvgIpc) is 3.14. The Hall–Kier alpha value is -3.12. The number of H-pyrrole nitrogens is 1. The van der Waals surface area contributed by atoms with Crippen LogP contribution in [0.2, 0.25) is 0 Å². The van der Waals surface area contributed by atoms with E-state index in [-0.39, 0.29) is 17.5 Å². The molecule has 0 aliphatic carbocycles. The van der Waals surface area contributed by atoms with Crippen molar-refractivity contribution < 1.29 is 43.9 Å². The van der Waals surface area contributed by atoms with Gasteiger partial charge in [0.1, 0.15) is 0 Å². The van der Waals surface area contributed by atoms with Crippen molar-refractivity contribution in [1.29, 1.82) is 0 Å². The van der Waals surface area contributed by atoms with Gasteiger partial charge in [-0.25, -0.2) is 4.79 Å². The molecule has 174 valence electrons. The van der Waals surface area contributed by atoms with Crippen LogP contribution in [0.3, 0.4) is 0 Å². The number of alkyl halides is 9. The molecule has 0 spiro atoms. The lowest BCUT2D eigenvalue weighted by atomic mass is 10.0. The van der Waals surface area contributed by atoms with Crippen LogP contribution in [-0.2, 0) is 25.1 Å². The van der Waals surface area contributed by atoms with Gasteiger partial charge in [-0.05, 0) is 38.1 Å². The summed E-state index contributed by atoms with van der Waals surface area (Å²) in [7, 11) is 0. The molecule has 32 heavy (non-hydrogen) atoms. The van der Waals surface area contributed by atoms with Crippen LogP contribution in [0.5, 0.6) is 0 Å². The molecule has 2 aromatic heterocycles. The largest absolute Gasteiger partial charge is 0.420 e. The molecule has 0 aliphatic rings. The highest BCUT2D eigenvalue weighted by atomic mass is 19.4. The minimum atomic E-state index is -5.13. The lowest BCUT2D eigenvalue weighted by Crippen LogP contribution is -2.19. The maximum Gasteiger partial charge on any atom is 0.420 e. The molecule has 1 aromatic carbocycles. The molecule has 0 saturated carbocycles. The molecule has 1 N–H and O–H groups in total. The Bertz CT molecular complexity index is 1180. The Morgan fingerprint density at radius 1 is 0.844 bits per heavy atom. The predicted molar refractivity (Wildman–Crippen MR) is 92.8 cm³/mol. The van der Waals surface area contributed by atoms with E-state index < -0.39 is 64.5 Å². The Balaban J connectivity index is 2.14. The van der Waals surface area contributed by atoms with Gasteiger partial charge in [0.15, 0.2) is 5.76 Å². The maximum absolute atomic E-state index is 13.2. The topological polar surface area (TPSA) is 50.9 Å². The van der Waals surface area contributed by atoms with E-state index in [0.717, 1.165) is 13.0 Å². The van der Waals surface area contributed by atoms with Gasteiger partial charge in [0.2, 0.25) is 0 Å². The number of benzene rings is 1. The number of oxazole rings is 1. The summed E-state index contributed by atoms with van der Waals surface area (Å²) >= 11 is 0. The molecule has 0 atom stereocenters. The number of nitrogens with zero attached hydrogens (tertiary/aromatic N) is 1. The molecular formula is C19H13F9N2O2. The Morgan fingerprint density at radius 2 is 1.38 bits per heavy atom. The van der Waals surface area contributed by atoms with Crippen LogP contribution in [0, 0.1) is 13.8 Å². The van der Waals surface area contributed by atoms with Gasteiger partial charge >= 0.3 is 24.3 Å². The Kier molecular flexibility index (Phi) is 5.51. The molecule has 13 heteroatoms.